The fraction of sp³-hybridized carbons (Fsp3) is 0.706. The molecule has 0 N–H and O–H groups in total. The topological polar surface area (TPSA) is 36.7 Å². The van der Waals surface area contributed by atoms with Crippen LogP contribution in [0.15, 0.2) is 10.5 Å². The maximum atomic E-state index is 12.2. The summed E-state index contributed by atoms with van der Waals surface area (Å²) in [5, 5.41) is 0.0756. The molecule has 2 aliphatic heterocycles. The van der Waals surface area contributed by atoms with Crippen LogP contribution in [0.1, 0.15) is 48.1 Å². The molecule has 1 amide bonds. The molecule has 2 fully saturated rings. The number of unbranched alkanes of at least 4 members (excludes halogenated alkanes) is 1. The standard InChI is InChI=1S/C17H26N2O2S/c1-13-11-15(21-14(13)2)17-19(16(20)12-22-17)10-6-5-9-18-7-3-4-8-18/h11,17H,3-10,12H2,1-2H3. The molecule has 0 bridgehead atoms. The number of likely N-dealkylation sites (tertiary alicyclic amines) is 1. The summed E-state index contributed by atoms with van der Waals surface area (Å²) in [4.78, 5) is 16.7. The predicted molar refractivity (Wildman–Crippen MR) is 90.0 cm³/mol. The molecule has 0 aromatic carbocycles. The Hall–Kier alpha value is -0.940. The van der Waals surface area contributed by atoms with Gasteiger partial charge in [-0.3, -0.25) is 4.79 Å². The molecule has 0 radical (unpaired) electrons. The lowest BCUT2D eigenvalue weighted by Crippen LogP contribution is -2.30. The highest BCUT2D eigenvalue weighted by Gasteiger charge is 2.34. The van der Waals surface area contributed by atoms with Crippen LogP contribution in [0.25, 0.3) is 0 Å². The van der Waals surface area contributed by atoms with Crippen LogP contribution >= 0.6 is 11.8 Å². The minimum atomic E-state index is 0.0756. The van der Waals surface area contributed by atoms with Gasteiger partial charge in [-0.2, -0.15) is 0 Å². The highest BCUT2D eigenvalue weighted by Crippen LogP contribution is 2.40. The maximum absolute atomic E-state index is 12.2. The summed E-state index contributed by atoms with van der Waals surface area (Å²) in [5.41, 5.74) is 1.17. The third kappa shape index (κ3) is 3.51. The molecule has 4 nitrogen and oxygen atoms in total. The zero-order valence-corrected chi connectivity index (χ0v) is 14.5. The van der Waals surface area contributed by atoms with Gasteiger partial charge >= 0.3 is 0 Å². The number of rotatable bonds is 6. The molecule has 2 saturated heterocycles. The van der Waals surface area contributed by atoms with Gasteiger partial charge in [0.25, 0.3) is 0 Å². The number of hydrogen-bond acceptors (Lipinski definition) is 4. The second-order valence-electron chi connectivity index (χ2n) is 6.39. The molecular weight excluding hydrogens is 296 g/mol. The Morgan fingerprint density at radius 3 is 2.64 bits per heavy atom. The van der Waals surface area contributed by atoms with Crippen molar-refractivity contribution < 1.29 is 9.21 Å². The third-order valence-electron chi connectivity index (χ3n) is 4.72. The normalized spacial score (nSPS) is 22.9. The first kappa shape index (κ1) is 15.9. The minimum Gasteiger partial charge on any atom is -0.463 e. The molecular formula is C17H26N2O2S. The first-order chi connectivity index (χ1) is 10.6. The molecule has 2 aliphatic rings. The number of amides is 1. The van der Waals surface area contributed by atoms with E-state index in [1.54, 1.807) is 11.8 Å². The quantitative estimate of drug-likeness (QED) is 0.753. The molecule has 22 heavy (non-hydrogen) atoms. The Morgan fingerprint density at radius 2 is 1.95 bits per heavy atom. The van der Waals surface area contributed by atoms with Crippen molar-refractivity contribution in [2.24, 2.45) is 0 Å². The van der Waals surface area contributed by atoms with E-state index >= 15 is 0 Å². The summed E-state index contributed by atoms with van der Waals surface area (Å²) in [6, 6.07) is 2.09. The van der Waals surface area contributed by atoms with E-state index < -0.39 is 0 Å². The fourth-order valence-electron chi connectivity index (χ4n) is 3.28. The molecule has 0 spiro atoms. The Labute approximate surface area is 137 Å². The number of carbonyl (C=O) groups is 1. The first-order valence-electron chi connectivity index (χ1n) is 8.35. The van der Waals surface area contributed by atoms with Crippen molar-refractivity contribution in [2.45, 2.75) is 44.9 Å². The van der Waals surface area contributed by atoms with Crippen LogP contribution in [0.3, 0.4) is 0 Å². The molecule has 1 aromatic rings. The van der Waals surface area contributed by atoms with E-state index in [0.717, 1.165) is 24.5 Å². The van der Waals surface area contributed by atoms with Crippen LogP contribution in [0.5, 0.6) is 0 Å². The molecule has 0 saturated carbocycles. The van der Waals surface area contributed by atoms with Crippen LogP contribution in [0, 0.1) is 13.8 Å². The number of furan rings is 1. The van der Waals surface area contributed by atoms with Crippen LogP contribution < -0.4 is 0 Å². The van der Waals surface area contributed by atoms with Crippen molar-refractivity contribution in [1.82, 2.24) is 9.80 Å². The molecule has 3 rings (SSSR count). The SMILES string of the molecule is Cc1cc(C2SCC(=O)N2CCCCN2CCCC2)oc1C. The largest absolute Gasteiger partial charge is 0.463 e. The van der Waals surface area contributed by atoms with Crippen molar-refractivity contribution in [1.29, 1.82) is 0 Å². The minimum absolute atomic E-state index is 0.0756. The van der Waals surface area contributed by atoms with Gasteiger partial charge in [-0.25, -0.2) is 0 Å². The zero-order valence-electron chi connectivity index (χ0n) is 13.6. The second-order valence-corrected chi connectivity index (χ2v) is 7.46. The number of nitrogens with zero attached hydrogens (tertiary/aromatic N) is 2. The lowest BCUT2D eigenvalue weighted by Gasteiger charge is -2.23. The zero-order chi connectivity index (χ0) is 15.5. The van der Waals surface area contributed by atoms with Crippen molar-refractivity contribution in [3.8, 4) is 0 Å². The first-order valence-corrected chi connectivity index (χ1v) is 9.40. The summed E-state index contributed by atoms with van der Waals surface area (Å²) in [6.07, 6.45) is 4.95. The summed E-state index contributed by atoms with van der Waals surface area (Å²) in [5.74, 6) is 2.73. The van der Waals surface area contributed by atoms with E-state index in [2.05, 4.69) is 17.9 Å². The van der Waals surface area contributed by atoms with Crippen LogP contribution in [0.2, 0.25) is 0 Å². The van der Waals surface area contributed by atoms with Crippen LogP contribution in [0.4, 0.5) is 0 Å². The van der Waals surface area contributed by atoms with Crippen molar-refractivity contribution >= 4 is 17.7 Å². The Morgan fingerprint density at radius 1 is 1.23 bits per heavy atom. The van der Waals surface area contributed by atoms with Crippen molar-refractivity contribution in [3.05, 3.63) is 23.2 Å². The van der Waals surface area contributed by atoms with Gasteiger partial charge in [-0.15, -0.1) is 11.8 Å². The van der Waals surface area contributed by atoms with Gasteiger partial charge in [-0.05, 0) is 70.8 Å². The highest BCUT2D eigenvalue weighted by atomic mass is 32.2. The Bertz CT molecular complexity index is 503. The molecule has 1 aromatic heterocycles. The van der Waals surface area contributed by atoms with E-state index in [4.69, 9.17) is 4.42 Å². The van der Waals surface area contributed by atoms with Crippen LogP contribution in [-0.4, -0.2) is 47.6 Å². The number of aryl methyl sites for hydroxylation is 2. The molecule has 1 unspecified atom stereocenters. The van der Waals surface area contributed by atoms with Gasteiger partial charge in [0.1, 0.15) is 16.9 Å². The molecule has 122 valence electrons. The second kappa shape index (κ2) is 7.09. The van der Waals surface area contributed by atoms with Gasteiger partial charge in [0.2, 0.25) is 5.91 Å². The molecule has 1 atom stereocenters. The summed E-state index contributed by atoms with van der Waals surface area (Å²) >= 11 is 1.69. The average Bonchev–Trinajstić information content (AvgIpc) is 3.19. The molecule has 3 heterocycles. The van der Waals surface area contributed by atoms with Gasteiger partial charge in [0, 0.05) is 6.54 Å². The monoisotopic (exact) mass is 322 g/mol. The smallest absolute Gasteiger partial charge is 0.233 e. The number of thioether (sulfide) groups is 1. The summed E-state index contributed by atoms with van der Waals surface area (Å²) in [7, 11) is 0. The van der Waals surface area contributed by atoms with Gasteiger partial charge in [0.15, 0.2) is 0 Å². The lowest BCUT2D eigenvalue weighted by atomic mass is 10.2. The average molecular weight is 322 g/mol. The third-order valence-corrected chi connectivity index (χ3v) is 5.93. The lowest BCUT2D eigenvalue weighted by molar-refractivity contribution is -0.128. The van der Waals surface area contributed by atoms with Gasteiger partial charge < -0.3 is 14.2 Å². The van der Waals surface area contributed by atoms with Crippen molar-refractivity contribution in [3.63, 3.8) is 0 Å². The number of hydrogen-bond donors (Lipinski definition) is 0. The molecule has 5 heteroatoms. The van der Waals surface area contributed by atoms with E-state index in [9.17, 15) is 4.79 Å². The van der Waals surface area contributed by atoms with E-state index in [0.29, 0.717) is 5.75 Å². The highest BCUT2D eigenvalue weighted by molar-refractivity contribution is 8.00. The van der Waals surface area contributed by atoms with E-state index in [-0.39, 0.29) is 11.3 Å². The fourth-order valence-corrected chi connectivity index (χ4v) is 4.43. The van der Waals surface area contributed by atoms with Gasteiger partial charge in [-0.1, -0.05) is 0 Å². The van der Waals surface area contributed by atoms with Crippen molar-refractivity contribution in [2.75, 3.05) is 31.9 Å². The summed E-state index contributed by atoms with van der Waals surface area (Å²) in [6.45, 7) is 8.59. The summed E-state index contributed by atoms with van der Waals surface area (Å²) < 4.78 is 5.84. The predicted octanol–water partition coefficient (Wildman–Crippen LogP) is 3.35. The van der Waals surface area contributed by atoms with E-state index in [1.165, 1.54) is 44.5 Å². The van der Waals surface area contributed by atoms with E-state index in [1.807, 2.05) is 11.8 Å². The Balaban J connectivity index is 1.52. The maximum Gasteiger partial charge on any atom is 0.233 e. The van der Waals surface area contributed by atoms with Gasteiger partial charge in [0.05, 0.1) is 5.75 Å². The molecule has 0 aliphatic carbocycles. The van der Waals surface area contributed by atoms with Crippen LogP contribution in [-0.2, 0) is 4.79 Å². The number of carbonyl (C=O) groups excluding carboxylic acids is 1. The Kier molecular flexibility index (Phi) is 5.14.